The molecule has 0 fully saturated rings. The van der Waals surface area contributed by atoms with Crippen molar-refractivity contribution in [2.75, 3.05) is 6.54 Å². The Morgan fingerprint density at radius 2 is 2.31 bits per heavy atom. The Balaban J connectivity index is 2.68. The van der Waals surface area contributed by atoms with Crippen LogP contribution in [-0.4, -0.2) is 15.0 Å². The van der Waals surface area contributed by atoms with Crippen LogP contribution in [0.15, 0.2) is 14.1 Å². The molecule has 1 rings (SSSR count). The van der Waals surface area contributed by atoms with E-state index in [0.717, 1.165) is 11.3 Å². The Kier molecular flexibility index (Phi) is 5.28. The summed E-state index contributed by atoms with van der Waals surface area (Å²) in [5, 5.41) is 0.397. The van der Waals surface area contributed by atoms with Crippen molar-refractivity contribution in [3.8, 4) is 12.3 Å². The Morgan fingerprint density at radius 1 is 1.62 bits per heavy atom. The first kappa shape index (κ1) is 14.0. The highest BCUT2D eigenvalue weighted by Gasteiger charge is 2.18. The highest BCUT2D eigenvalue weighted by atomic mass is 79.9. The molecule has 0 saturated heterocycles. The summed E-state index contributed by atoms with van der Waals surface area (Å²) in [5.74, 6) is 2.45. The molecule has 1 N–H and O–H groups in total. The molecule has 1 heterocycles. The highest BCUT2D eigenvalue weighted by Crippen LogP contribution is 2.34. The SMILES string of the molecule is C#CCCCNS(=O)(=O)c1cc(Cl)c(Br)s1. The van der Waals surface area contributed by atoms with Gasteiger partial charge in [0, 0.05) is 13.0 Å². The van der Waals surface area contributed by atoms with Crippen LogP contribution in [0.1, 0.15) is 12.8 Å². The maximum atomic E-state index is 11.7. The molecule has 1 aromatic heterocycles. The molecule has 0 radical (unpaired) electrons. The van der Waals surface area contributed by atoms with Gasteiger partial charge in [0.1, 0.15) is 4.21 Å². The molecule has 7 heteroatoms. The smallest absolute Gasteiger partial charge is 0.210 e. The fraction of sp³-hybridized carbons (Fsp3) is 0.333. The molecule has 0 amide bonds. The van der Waals surface area contributed by atoms with Gasteiger partial charge in [0.25, 0.3) is 0 Å². The highest BCUT2D eigenvalue weighted by molar-refractivity contribution is 9.11. The summed E-state index contributed by atoms with van der Waals surface area (Å²) in [5.41, 5.74) is 0. The zero-order valence-electron chi connectivity index (χ0n) is 8.16. The first-order valence-corrected chi connectivity index (χ1v) is 7.82. The second-order valence-corrected chi connectivity index (χ2v) is 7.66. The molecule has 0 aliphatic rings. The van der Waals surface area contributed by atoms with Crippen molar-refractivity contribution >= 4 is 48.9 Å². The van der Waals surface area contributed by atoms with Gasteiger partial charge in [-0.3, -0.25) is 0 Å². The van der Waals surface area contributed by atoms with E-state index < -0.39 is 10.0 Å². The Hall–Kier alpha value is -0.0600. The third-order valence-corrected chi connectivity index (χ3v) is 6.09. The molecule has 0 unspecified atom stereocenters. The van der Waals surface area contributed by atoms with E-state index in [2.05, 4.69) is 26.6 Å². The van der Waals surface area contributed by atoms with Crippen LogP contribution in [0.2, 0.25) is 5.02 Å². The maximum Gasteiger partial charge on any atom is 0.250 e. The van der Waals surface area contributed by atoms with Crippen LogP contribution < -0.4 is 4.72 Å². The van der Waals surface area contributed by atoms with Crippen molar-refractivity contribution in [2.24, 2.45) is 0 Å². The van der Waals surface area contributed by atoms with Gasteiger partial charge in [-0.1, -0.05) is 11.6 Å². The molecule has 0 saturated carbocycles. The summed E-state index contributed by atoms with van der Waals surface area (Å²) in [7, 11) is -3.46. The summed E-state index contributed by atoms with van der Waals surface area (Å²) in [6, 6.07) is 1.42. The fourth-order valence-electron chi connectivity index (χ4n) is 0.927. The van der Waals surface area contributed by atoms with Crippen LogP contribution in [0.4, 0.5) is 0 Å². The second-order valence-electron chi connectivity index (χ2n) is 2.89. The molecule has 0 aliphatic heterocycles. The predicted octanol–water partition coefficient (Wildman–Crippen LogP) is 2.86. The van der Waals surface area contributed by atoms with E-state index >= 15 is 0 Å². The van der Waals surface area contributed by atoms with E-state index in [9.17, 15) is 8.42 Å². The molecule has 0 spiro atoms. The van der Waals surface area contributed by atoms with E-state index in [1.165, 1.54) is 6.07 Å². The van der Waals surface area contributed by atoms with Crippen molar-refractivity contribution in [3.05, 3.63) is 14.9 Å². The lowest BCUT2D eigenvalue weighted by atomic mass is 10.3. The summed E-state index contributed by atoms with van der Waals surface area (Å²) in [4.78, 5) is 0. The van der Waals surface area contributed by atoms with E-state index in [1.54, 1.807) is 0 Å². The largest absolute Gasteiger partial charge is 0.250 e. The lowest BCUT2D eigenvalue weighted by Crippen LogP contribution is -2.23. The summed E-state index contributed by atoms with van der Waals surface area (Å²) in [6.45, 7) is 0.333. The quantitative estimate of drug-likeness (QED) is 0.660. The maximum absolute atomic E-state index is 11.7. The van der Waals surface area contributed by atoms with Gasteiger partial charge in [0.05, 0.1) is 8.81 Å². The Bertz CT molecular complexity index is 485. The van der Waals surface area contributed by atoms with Crippen molar-refractivity contribution < 1.29 is 8.42 Å². The van der Waals surface area contributed by atoms with E-state index in [4.69, 9.17) is 18.0 Å². The third kappa shape index (κ3) is 3.75. The molecule has 0 bridgehead atoms. The van der Waals surface area contributed by atoms with Crippen LogP contribution in [0.25, 0.3) is 0 Å². The van der Waals surface area contributed by atoms with Gasteiger partial charge in [-0.05, 0) is 28.4 Å². The number of rotatable bonds is 5. The zero-order valence-corrected chi connectivity index (χ0v) is 12.1. The number of hydrogen-bond donors (Lipinski definition) is 1. The Labute approximate surface area is 112 Å². The van der Waals surface area contributed by atoms with Gasteiger partial charge >= 0.3 is 0 Å². The van der Waals surface area contributed by atoms with Gasteiger partial charge in [0.15, 0.2) is 0 Å². The fourth-order valence-corrected chi connectivity index (χ4v) is 4.44. The average molecular weight is 343 g/mol. The first-order chi connectivity index (χ1) is 7.47. The molecule has 88 valence electrons. The standard InChI is InChI=1S/C9H9BrClNO2S2/c1-2-3-4-5-12-16(13,14)8-6-7(11)9(10)15-8/h1,6,12H,3-5H2. The van der Waals surface area contributed by atoms with Crippen LogP contribution >= 0.6 is 38.9 Å². The van der Waals surface area contributed by atoms with Crippen LogP contribution in [-0.2, 0) is 10.0 Å². The van der Waals surface area contributed by atoms with E-state index in [0.29, 0.717) is 28.2 Å². The minimum atomic E-state index is -3.46. The third-order valence-electron chi connectivity index (χ3n) is 1.68. The predicted molar refractivity (Wildman–Crippen MR) is 70.3 cm³/mol. The van der Waals surface area contributed by atoms with Gasteiger partial charge in [-0.15, -0.1) is 23.7 Å². The van der Waals surface area contributed by atoms with Crippen LogP contribution in [0, 0.1) is 12.3 Å². The normalized spacial score (nSPS) is 11.3. The molecule has 1 aromatic rings. The molecule has 16 heavy (non-hydrogen) atoms. The van der Waals surface area contributed by atoms with Gasteiger partial charge in [0.2, 0.25) is 10.0 Å². The number of terminal acetylenes is 1. The van der Waals surface area contributed by atoms with Crippen molar-refractivity contribution in [3.63, 3.8) is 0 Å². The summed E-state index contributed by atoms with van der Waals surface area (Å²) >= 11 is 10.0. The monoisotopic (exact) mass is 341 g/mol. The zero-order chi connectivity index (χ0) is 12.2. The number of hydrogen-bond acceptors (Lipinski definition) is 3. The minimum absolute atomic E-state index is 0.199. The van der Waals surface area contributed by atoms with Gasteiger partial charge in [-0.25, -0.2) is 13.1 Å². The number of unbranched alkanes of at least 4 members (excludes halogenated alkanes) is 1. The first-order valence-electron chi connectivity index (χ1n) is 4.35. The van der Waals surface area contributed by atoms with Crippen LogP contribution in [0.3, 0.4) is 0 Å². The van der Waals surface area contributed by atoms with E-state index in [-0.39, 0.29) is 4.21 Å². The number of sulfonamides is 1. The van der Waals surface area contributed by atoms with E-state index in [1.807, 2.05) is 0 Å². The summed E-state index contributed by atoms with van der Waals surface area (Å²) in [6.07, 6.45) is 6.24. The number of nitrogens with one attached hydrogen (secondary N) is 1. The van der Waals surface area contributed by atoms with Crippen molar-refractivity contribution in [1.82, 2.24) is 4.72 Å². The molecular formula is C9H9BrClNO2S2. The molecule has 0 atom stereocenters. The second kappa shape index (κ2) is 6.03. The number of halogens is 2. The van der Waals surface area contributed by atoms with Crippen molar-refractivity contribution in [1.29, 1.82) is 0 Å². The molecule has 0 aromatic carbocycles. The lowest BCUT2D eigenvalue weighted by molar-refractivity contribution is 0.582. The summed E-state index contributed by atoms with van der Waals surface area (Å²) < 4.78 is 26.7. The molecular weight excluding hydrogens is 334 g/mol. The minimum Gasteiger partial charge on any atom is -0.210 e. The van der Waals surface area contributed by atoms with Gasteiger partial charge < -0.3 is 0 Å². The molecule has 0 aliphatic carbocycles. The van der Waals surface area contributed by atoms with Gasteiger partial charge in [-0.2, -0.15) is 0 Å². The number of thiophene rings is 1. The average Bonchev–Trinajstić information content (AvgIpc) is 2.55. The topological polar surface area (TPSA) is 46.2 Å². The molecule has 3 nitrogen and oxygen atoms in total. The lowest BCUT2D eigenvalue weighted by Gasteiger charge is -2.02. The Morgan fingerprint density at radius 3 is 2.81 bits per heavy atom. The van der Waals surface area contributed by atoms with Crippen molar-refractivity contribution in [2.45, 2.75) is 17.1 Å². The van der Waals surface area contributed by atoms with Crippen LogP contribution in [0.5, 0.6) is 0 Å².